The summed E-state index contributed by atoms with van der Waals surface area (Å²) in [5.41, 5.74) is 0. The van der Waals surface area contributed by atoms with Crippen LogP contribution in [0.1, 0.15) is 0 Å². The van der Waals surface area contributed by atoms with Gasteiger partial charge >= 0.3 is 68.9 Å². The first-order valence-corrected chi connectivity index (χ1v) is 1.19. The Morgan fingerprint density at radius 3 is 2.14 bits per heavy atom. The second kappa shape index (κ2) is 7.28. The number of hydrogen-bond donors (Lipinski definition) is 0. The summed E-state index contributed by atoms with van der Waals surface area (Å²) in [5, 5.41) is 9.14. The average molecular weight is 224 g/mol. The van der Waals surface area contributed by atoms with Crippen LogP contribution in [0, 0.1) is 0 Å². The summed E-state index contributed by atoms with van der Waals surface area (Å²) in [6.45, 7) is 0. The van der Waals surface area contributed by atoms with E-state index in [9.17, 15) is 0 Å². The molecule has 0 saturated heterocycles. The molecule has 0 bridgehead atoms. The Kier molecular flexibility index (Phi) is 11.6. The van der Waals surface area contributed by atoms with E-state index in [1.807, 2.05) is 0 Å². The van der Waals surface area contributed by atoms with E-state index in [2.05, 4.69) is 9.78 Å². The van der Waals surface area contributed by atoms with Crippen LogP contribution < -0.4 is 74.0 Å². The molecule has 36 valence electrons. The normalized spacial score (nSPS) is 6.43. The predicted octanol–water partition coefficient (Wildman–Crippen LogP) is -4.09. The molecule has 7 heavy (non-hydrogen) atoms. The second-order valence-corrected chi connectivity index (χ2v) is 0.500. The summed E-state index contributed by atoms with van der Waals surface area (Å²) in [6, 6.07) is 0. The van der Waals surface area contributed by atoms with Gasteiger partial charge in [-0.2, -0.15) is 0 Å². The molecule has 0 heterocycles. The maximum absolute atomic E-state index is 9.14. The number of carbonyl (C=O) groups is 1. The molecule has 0 spiro atoms. The van der Waals surface area contributed by atoms with Crippen molar-refractivity contribution >= 4 is 6.16 Å². The summed E-state index contributed by atoms with van der Waals surface area (Å²) >= 11 is 0. The molecule has 5 heteroatoms. The largest absolute Gasteiger partial charge is 1.00 e. The fourth-order valence-electron chi connectivity index (χ4n) is 0.0680. The maximum atomic E-state index is 9.14. The van der Waals surface area contributed by atoms with Crippen molar-refractivity contribution in [2.24, 2.45) is 0 Å². The van der Waals surface area contributed by atoms with E-state index >= 15 is 0 Å². The Morgan fingerprint density at radius 2 is 2.14 bits per heavy atom. The van der Waals surface area contributed by atoms with Crippen molar-refractivity contribution in [2.45, 2.75) is 0 Å². The first-order chi connectivity index (χ1) is 2.77. The SMILES string of the molecule is COOC(=O)[O-].[Cs+]. The van der Waals surface area contributed by atoms with Crippen LogP contribution in [0.2, 0.25) is 0 Å². The van der Waals surface area contributed by atoms with Crippen molar-refractivity contribution in [3.63, 3.8) is 0 Å². The Bertz CT molecular complexity index is 53.7. The molecule has 0 aromatic carbocycles. The predicted molar refractivity (Wildman–Crippen MR) is 13.5 cm³/mol. The summed E-state index contributed by atoms with van der Waals surface area (Å²) in [5.74, 6) is 0. The van der Waals surface area contributed by atoms with Gasteiger partial charge in [-0.15, -0.1) is 0 Å². The van der Waals surface area contributed by atoms with Gasteiger partial charge in [0.2, 0.25) is 0 Å². The third-order valence-corrected chi connectivity index (χ3v) is 0.151. The molecule has 0 atom stereocenters. The molecule has 0 N–H and O–H groups in total. The van der Waals surface area contributed by atoms with Crippen LogP contribution in [0.4, 0.5) is 4.79 Å². The molecule has 0 amide bonds. The van der Waals surface area contributed by atoms with Crippen LogP contribution in [0.25, 0.3) is 0 Å². The zero-order chi connectivity index (χ0) is 4.99. The van der Waals surface area contributed by atoms with Crippen LogP contribution in [0.15, 0.2) is 0 Å². The van der Waals surface area contributed by atoms with Crippen molar-refractivity contribution in [2.75, 3.05) is 7.11 Å². The van der Waals surface area contributed by atoms with Gasteiger partial charge in [-0.3, -0.25) is 4.89 Å². The van der Waals surface area contributed by atoms with Crippen molar-refractivity contribution < 1.29 is 88.6 Å². The number of hydrogen-bond acceptors (Lipinski definition) is 4. The molecule has 0 aromatic rings. The van der Waals surface area contributed by atoms with Crippen LogP contribution >= 0.6 is 0 Å². The molecule has 4 nitrogen and oxygen atoms in total. The van der Waals surface area contributed by atoms with Crippen molar-refractivity contribution in [1.29, 1.82) is 0 Å². The molecule has 0 fully saturated rings. The van der Waals surface area contributed by atoms with Gasteiger partial charge in [0, 0.05) is 0 Å². The van der Waals surface area contributed by atoms with Gasteiger partial charge in [0.05, 0.1) is 7.11 Å². The van der Waals surface area contributed by atoms with E-state index in [0.29, 0.717) is 0 Å². The first kappa shape index (κ1) is 11.1. The van der Waals surface area contributed by atoms with Crippen LogP contribution in [0.3, 0.4) is 0 Å². The van der Waals surface area contributed by atoms with Crippen molar-refractivity contribution in [3.05, 3.63) is 0 Å². The first-order valence-electron chi connectivity index (χ1n) is 1.19. The summed E-state index contributed by atoms with van der Waals surface area (Å²) in [4.78, 5) is 16.1. The van der Waals surface area contributed by atoms with Crippen LogP contribution in [0.5, 0.6) is 0 Å². The molecule has 0 aromatic heterocycles. The number of carboxylic acid groups (broad SMARTS) is 1. The fraction of sp³-hybridized carbons (Fsp3) is 0.500. The molecule has 0 aliphatic heterocycles. The quantitative estimate of drug-likeness (QED) is 0.335. The number of carbonyl (C=O) groups excluding carboxylic acids is 1. The minimum atomic E-state index is -1.68. The number of rotatable bonds is 1. The molecule has 0 rings (SSSR count). The fourth-order valence-corrected chi connectivity index (χ4v) is 0.0680. The minimum absolute atomic E-state index is 0. The summed E-state index contributed by atoms with van der Waals surface area (Å²) in [7, 11) is 1.08. The Balaban J connectivity index is 0. The maximum Gasteiger partial charge on any atom is 1.00 e. The third-order valence-electron chi connectivity index (χ3n) is 0.151. The van der Waals surface area contributed by atoms with Crippen LogP contribution in [-0.4, -0.2) is 13.3 Å². The van der Waals surface area contributed by atoms with E-state index in [4.69, 9.17) is 9.90 Å². The molecule has 0 unspecified atom stereocenters. The van der Waals surface area contributed by atoms with Crippen molar-refractivity contribution in [1.82, 2.24) is 0 Å². The van der Waals surface area contributed by atoms with Gasteiger partial charge in [-0.05, 0) is 0 Å². The van der Waals surface area contributed by atoms with Gasteiger partial charge in [-0.1, -0.05) is 0 Å². The van der Waals surface area contributed by atoms with Crippen molar-refractivity contribution in [3.8, 4) is 0 Å². The third kappa shape index (κ3) is 11.1. The molecular weight excluding hydrogens is 221 g/mol. The zero-order valence-corrected chi connectivity index (χ0v) is 10.4. The Morgan fingerprint density at radius 1 is 1.71 bits per heavy atom. The molecular formula is C2H3CsO4. The molecule has 0 radical (unpaired) electrons. The second-order valence-electron chi connectivity index (χ2n) is 0.500. The van der Waals surface area contributed by atoms with Crippen LogP contribution in [-0.2, 0) is 9.78 Å². The Hall–Kier alpha value is 1.28. The van der Waals surface area contributed by atoms with Gasteiger partial charge in [-0.25, -0.2) is 0 Å². The molecule has 0 aliphatic rings. The van der Waals surface area contributed by atoms with Gasteiger partial charge in [0.25, 0.3) is 6.16 Å². The van der Waals surface area contributed by atoms with E-state index in [0.717, 1.165) is 7.11 Å². The Labute approximate surface area is 99.5 Å². The molecule has 0 saturated carbocycles. The minimum Gasteiger partial charge on any atom is -0.424 e. The van der Waals surface area contributed by atoms with Gasteiger partial charge in [0.1, 0.15) is 0 Å². The molecule has 0 aliphatic carbocycles. The van der Waals surface area contributed by atoms with E-state index < -0.39 is 6.16 Å². The standard InChI is InChI=1S/C2H4O4.Cs/c1-5-6-2(3)4;/h1H3,(H,3,4);/q;+1/p-1. The zero-order valence-electron chi connectivity index (χ0n) is 4.13. The average Bonchev–Trinajstić information content (AvgIpc) is 1.35. The van der Waals surface area contributed by atoms with E-state index in [1.165, 1.54) is 0 Å². The topological polar surface area (TPSA) is 58.6 Å². The summed E-state index contributed by atoms with van der Waals surface area (Å²) < 4.78 is 0. The van der Waals surface area contributed by atoms with E-state index in [1.54, 1.807) is 0 Å². The summed E-state index contributed by atoms with van der Waals surface area (Å²) in [6.07, 6.45) is -1.68. The van der Waals surface area contributed by atoms with E-state index in [-0.39, 0.29) is 68.9 Å². The monoisotopic (exact) mass is 224 g/mol. The van der Waals surface area contributed by atoms with Gasteiger partial charge in [0.15, 0.2) is 0 Å². The smallest absolute Gasteiger partial charge is 0.424 e. The van der Waals surface area contributed by atoms with Gasteiger partial charge < -0.3 is 14.8 Å².